The number of rotatable bonds is 5. The molecule has 0 aliphatic rings. The molecule has 4 heteroatoms. The van der Waals surface area contributed by atoms with Crippen LogP contribution in [0.25, 0.3) is 0 Å². The van der Waals surface area contributed by atoms with Gasteiger partial charge in [0.15, 0.2) is 0 Å². The summed E-state index contributed by atoms with van der Waals surface area (Å²) < 4.78 is 5.85. The topological polar surface area (TPSA) is 21.6 Å². The molecule has 0 spiro atoms. The van der Waals surface area contributed by atoms with E-state index in [-0.39, 0.29) is 6.04 Å². The lowest BCUT2D eigenvalue weighted by atomic mass is 10.1. The van der Waals surface area contributed by atoms with Crippen LogP contribution in [0.5, 0.6) is 11.5 Å². The first-order chi connectivity index (χ1) is 12.1. The van der Waals surface area contributed by atoms with Crippen LogP contribution in [-0.4, -0.2) is 6.21 Å². The molecule has 0 heterocycles. The number of hydrogen-bond acceptors (Lipinski definition) is 2. The lowest BCUT2D eigenvalue weighted by Crippen LogP contribution is -1.93. The highest BCUT2D eigenvalue weighted by molar-refractivity contribution is 6.42. The van der Waals surface area contributed by atoms with Crippen molar-refractivity contribution in [2.24, 2.45) is 4.99 Å². The second kappa shape index (κ2) is 8.19. The maximum Gasteiger partial charge on any atom is 0.128 e. The third-order valence-electron chi connectivity index (χ3n) is 3.72. The summed E-state index contributed by atoms with van der Waals surface area (Å²) in [6, 6.07) is 23.0. The molecule has 2 nitrogen and oxygen atoms in total. The fourth-order valence-corrected chi connectivity index (χ4v) is 2.87. The summed E-state index contributed by atoms with van der Waals surface area (Å²) in [5.41, 5.74) is 1.86. The molecule has 1 unspecified atom stereocenters. The number of benzene rings is 3. The fraction of sp³-hybridized carbons (Fsp3) is 0.0952. The molecule has 0 bridgehead atoms. The van der Waals surface area contributed by atoms with Crippen LogP contribution in [0.4, 0.5) is 0 Å². The molecule has 126 valence electrons. The molecule has 3 aromatic rings. The van der Waals surface area contributed by atoms with E-state index in [9.17, 15) is 0 Å². The summed E-state index contributed by atoms with van der Waals surface area (Å²) in [7, 11) is 0. The minimum absolute atomic E-state index is 0.0927. The molecule has 0 aliphatic carbocycles. The Kier molecular flexibility index (Phi) is 5.75. The number of hydrogen-bond donors (Lipinski definition) is 0. The first-order valence-corrected chi connectivity index (χ1v) is 8.69. The average Bonchev–Trinajstić information content (AvgIpc) is 2.63. The minimum atomic E-state index is -0.0927. The highest BCUT2D eigenvalue weighted by Crippen LogP contribution is 2.31. The fourth-order valence-electron chi connectivity index (χ4n) is 2.40. The monoisotopic (exact) mass is 369 g/mol. The van der Waals surface area contributed by atoms with Crippen molar-refractivity contribution in [3.8, 4) is 11.5 Å². The van der Waals surface area contributed by atoms with Gasteiger partial charge in [-0.05, 0) is 48.4 Å². The Bertz CT molecular complexity index is 878. The van der Waals surface area contributed by atoms with Gasteiger partial charge in [0.05, 0.1) is 16.1 Å². The van der Waals surface area contributed by atoms with Gasteiger partial charge in [0, 0.05) is 6.21 Å². The number of aliphatic imine (C=N–C) groups is 1. The summed E-state index contributed by atoms with van der Waals surface area (Å²) in [4.78, 5) is 4.59. The first kappa shape index (κ1) is 17.5. The van der Waals surface area contributed by atoms with Gasteiger partial charge in [-0.3, -0.25) is 4.99 Å². The average molecular weight is 370 g/mol. The highest BCUT2D eigenvalue weighted by atomic mass is 35.5. The SMILES string of the molecule is CC(N=Cc1cccc(Oc2ccccc2)c1)c1cccc(Cl)c1Cl. The van der Waals surface area contributed by atoms with Crippen LogP contribution in [0, 0.1) is 0 Å². The predicted molar refractivity (Wildman–Crippen MR) is 105 cm³/mol. The quantitative estimate of drug-likeness (QED) is 0.445. The summed E-state index contributed by atoms with van der Waals surface area (Å²) in [5, 5.41) is 1.09. The van der Waals surface area contributed by atoms with E-state index in [0.717, 1.165) is 22.6 Å². The Morgan fingerprint density at radius 3 is 2.40 bits per heavy atom. The summed E-state index contributed by atoms with van der Waals surface area (Å²) >= 11 is 12.3. The van der Waals surface area contributed by atoms with Crippen LogP contribution in [0.3, 0.4) is 0 Å². The van der Waals surface area contributed by atoms with Crippen molar-refractivity contribution in [2.45, 2.75) is 13.0 Å². The molecule has 0 fully saturated rings. The number of halogens is 2. The molecular weight excluding hydrogens is 353 g/mol. The largest absolute Gasteiger partial charge is 0.457 e. The molecule has 0 amide bonds. The molecule has 0 aliphatic heterocycles. The van der Waals surface area contributed by atoms with Crippen LogP contribution in [0.15, 0.2) is 77.8 Å². The van der Waals surface area contributed by atoms with Gasteiger partial charge in [-0.15, -0.1) is 0 Å². The zero-order valence-electron chi connectivity index (χ0n) is 13.7. The van der Waals surface area contributed by atoms with Crippen molar-refractivity contribution < 1.29 is 4.74 Å². The Hall–Kier alpha value is -2.29. The van der Waals surface area contributed by atoms with E-state index in [4.69, 9.17) is 27.9 Å². The van der Waals surface area contributed by atoms with Crippen LogP contribution >= 0.6 is 23.2 Å². The normalized spacial score (nSPS) is 12.3. The Morgan fingerprint density at radius 2 is 1.60 bits per heavy atom. The maximum absolute atomic E-state index is 6.26. The molecule has 0 radical (unpaired) electrons. The van der Waals surface area contributed by atoms with Crippen LogP contribution in [-0.2, 0) is 0 Å². The molecule has 3 rings (SSSR count). The predicted octanol–water partition coefficient (Wildman–Crippen LogP) is 6.97. The standard InChI is InChI=1S/C21H17Cl2NO/c1-15(19-11-6-12-20(22)21(19)23)24-14-16-7-5-10-18(13-16)25-17-8-3-2-4-9-17/h2-15H,1H3. The van der Waals surface area contributed by atoms with Crippen molar-refractivity contribution in [2.75, 3.05) is 0 Å². The third-order valence-corrected chi connectivity index (χ3v) is 4.55. The van der Waals surface area contributed by atoms with E-state index in [1.807, 2.05) is 79.9 Å². The molecule has 0 saturated carbocycles. The molecule has 0 saturated heterocycles. The Balaban J connectivity index is 1.75. The van der Waals surface area contributed by atoms with E-state index in [1.54, 1.807) is 6.07 Å². The van der Waals surface area contributed by atoms with Gasteiger partial charge in [-0.25, -0.2) is 0 Å². The van der Waals surface area contributed by atoms with Crippen molar-refractivity contribution in [3.05, 3.63) is 94.0 Å². The van der Waals surface area contributed by atoms with Crippen molar-refractivity contribution in [3.63, 3.8) is 0 Å². The molecule has 0 N–H and O–H groups in total. The maximum atomic E-state index is 6.26. The van der Waals surface area contributed by atoms with Crippen LogP contribution in [0.1, 0.15) is 24.1 Å². The van der Waals surface area contributed by atoms with Gasteiger partial charge in [0.25, 0.3) is 0 Å². The number of nitrogens with zero attached hydrogens (tertiary/aromatic N) is 1. The van der Waals surface area contributed by atoms with Gasteiger partial charge in [-0.2, -0.15) is 0 Å². The third kappa shape index (κ3) is 4.62. The van der Waals surface area contributed by atoms with E-state index >= 15 is 0 Å². The molecule has 25 heavy (non-hydrogen) atoms. The van der Waals surface area contributed by atoms with Crippen LogP contribution in [0.2, 0.25) is 10.0 Å². The van der Waals surface area contributed by atoms with E-state index in [2.05, 4.69) is 4.99 Å². The van der Waals surface area contributed by atoms with E-state index in [0.29, 0.717) is 10.0 Å². The first-order valence-electron chi connectivity index (χ1n) is 7.93. The van der Waals surface area contributed by atoms with Crippen molar-refractivity contribution in [1.29, 1.82) is 0 Å². The smallest absolute Gasteiger partial charge is 0.128 e. The molecular formula is C21H17Cl2NO. The molecule has 1 atom stereocenters. The zero-order valence-corrected chi connectivity index (χ0v) is 15.2. The van der Waals surface area contributed by atoms with Gasteiger partial charge in [0.1, 0.15) is 11.5 Å². The van der Waals surface area contributed by atoms with Gasteiger partial charge < -0.3 is 4.74 Å². The second-order valence-corrected chi connectivity index (χ2v) is 6.37. The molecule has 3 aromatic carbocycles. The van der Waals surface area contributed by atoms with Crippen molar-refractivity contribution in [1.82, 2.24) is 0 Å². The minimum Gasteiger partial charge on any atom is -0.457 e. The van der Waals surface area contributed by atoms with Crippen LogP contribution < -0.4 is 4.74 Å². The lowest BCUT2D eigenvalue weighted by Gasteiger charge is -2.10. The molecule has 0 aromatic heterocycles. The van der Waals surface area contributed by atoms with E-state index in [1.165, 1.54) is 0 Å². The second-order valence-electron chi connectivity index (χ2n) is 5.58. The highest BCUT2D eigenvalue weighted by Gasteiger charge is 2.10. The van der Waals surface area contributed by atoms with E-state index < -0.39 is 0 Å². The summed E-state index contributed by atoms with van der Waals surface area (Å²) in [6.07, 6.45) is 1.82. The van der Waals surface area contributed by atoms with Crippen molar-refractivity contribution >= 4 is 29.4 Å². The Labute approximate surface area is 157 Å². The number of ether oxygens (including phenoxy) is 1. The lowest BCUT2D eigenvalue weighted by molar-refractivity contribution is 0.482. The van der Waals surface area contributed by atoms with Gasteiger partial charge >= 0.3 is 0 Å². The Morgan fingerprint density at radius 1 is 0.880 bits per heavy atom. The zero-order chi connectivity index (χ0) is 17.6. The van der Waals surface area contributed by atoms with Gasteiger partial charge in [-0.1, -0.05) is 65.7 Å². The summed E-state index contributed by atoms with van der Waals surface area (Å²) in [6.45, 7) is 1.98. The summed E-state index contributed by atoms with van der Waals surface area (Å²) in [5.74, 6) is 1.57. The number of para-hydroxylation sites is 1. The van der Waals surface area contributed by atoms with Gasteiger partial charge in [0.2, 0.25) is 0 Å².